The highest BCUT2D eigenvalue weighted by molar-refractivity contribution is 6.11. The fraction of sp³-hybridized carbons (Fsp3) is 0.442. The Morgan fingerprint density at radius 1 is 0.962 bits per heavy atom. The third-order valence-electron chi connectivity index (χ3n) is 13.1. The number of ketones is 1. The van der Waals surface area contributed by atoms with Crippen molar-refractivity contribution in [2.24, 2.45) is 11.3 Å². The predicted molar refractivity (Wildman–Crippen MR) is 206 cm³/mol. The molecular weight excluding hydrogens is 667 g/mol. The number of hydrogen-bond donors (Lipinski definition) is 3. The lowest BCUT2D eigenvalue weighted by molar-refractivity contribution is -0.384. The van der Waals surface area contributed by atoms with E-state index < -0.39 is 10.5 Å². The van der Waals surface area contributed by atoms with Crippen LogP contribution < -0.4 is 0 Å². The van der Waals surface area contributed by atoms with Crippen molar-refractivity contribution in [2.45, 2.75) is 81.9 Å². The molecule has 4 aromatic rings. The molecule has 3 saturated heterocycles. The van der Waals surface area contributed by atoms with Crippen LogP contribution in [-0.2, 0) is 4.79 Å². The summed E-state index contributed by atoms with van der Waals surface area (Å²) in [6.07, 6.45) is 18.7. The van der Waals surface area contributed by atoms with Crippen LogP contribution in [0, 0.1) is 21.4 Å². The number of aromatic nitrogens is 2. The Morgan fingerprint density at radius 2 is 1.79 bits per heavy atom. The number of Topliss-reactive ketones (excluding diaryl/α,β-unsaturated/α-hetero) is 1. The molecule has 2 aromatic heterocycles. The Labute approximate surface area is 309 Å². The number of allylic oxidation sites excluding steroid dienone is 3. The molecule has 3 bridgehead atoms. The van der Waals surface area contributed by atoms with Crippen LogP contribution in [0.1, 0.15) is 75.5 Å². The second kappa shape index (κ2) is 13.3. The average Bonchev–Trinajstić information content (AvgIpc) is 3.69. The predicted octanol–water partition coefficient (Wildman–Crippen LogP) is 7.57. The average molecular weight is 714 g/mol. The molecule has 1 aliphatic carbocycles. The number of aromatic amines is 1. The molecule has 0 amide bonds. The molecule has 6 heterocycles. The van der Waals surface area contributed by atoms with Crippen LogP contribution in [0.2, 0.25) is 0 Å². The number of hydrogen-bond acceptors (Lipinski definition) is 8. The van der Waals surface area contributed by atoms with E-state index >= 15 is 0 Å². The molecule has 3 N–H and O–H groups in total. The van der Waals surface area contributed by atoms with Gasteiger partial charge in [0.2, 0.25) is 0 Å². The van der Waals surface area contributed by atoms with E-state index in [1.165, 1.54) is 12.1 Å². The van der Waals surface area contributed by atoms with Gasteiger partial charge < -0.3 is 20.1 Å². The highest BCUT2D eigenvalue weighted by Gasteiger charge is 2.66. The molecule has 1 spiro atoms. The van der Waals surface area contributed by atoms with Gasteiger partial charge in [-0.05, 0) is 130 Å². The minimum atomic E-state index is -1.15. The number of para-hydroxylation sites is 1. The number of non-ortho nitro benzene ring substituents is 1. The van der Waals surface area contributed by atoms with Crippen LogP contribution >= 0.6 is 0 Å². The molecular formula is C43H47N5O5. The van der Waals surface area contributed by atoms with Crippen molar-refractivity contribution < 1.29 is 19.9 Å². The molecule has 9 rings (SSSR count). The number of nitrogens with zero attached hydrogens (tertiary/aromatic N) is 4. The smallest absolute Gasteiger partial charge is 0.269 e. The third-order valence-corrected chi connectivity index (χ3v) is 13.1. The lowest BCUT2D eigenvalue weighted by atomic mass is 9.54. The van der Waals surface area contributed by atoms with Gasteiger partial charge in [0.25, 0.3) is 5.69 Å². The number of phenolic OH excluding ortho intramolecular Hbond substituents is 1. The first-order valence-corrected chi connectivity index (χ1v) is 19.4. The SMILES string of the molecule is O=C1CC[C@H]2C[C@]34CN5CCCC/C=C\CC[C@](O)(C=C(c6nccc7c6[nH]c6c(O)cccc67)[C@@H]3CC5)[C@@H]4N2CC/C1=C/c1ccc([N+](=O)[O-])cc1. The molecule has 0 radical (unpaired) electrons. The number of aliphatic hydroxyl groups is 1. The summed E-state index contributed by atoms with van der Waals surface area (Å²) in [4.78, 5) is 38.4. The number of nitro groups is 1. The number of nitrogens with one attached hydrogen (secondary N) is 1. The Kier molecular flexibility index (Phi) is 8.59. The van der Waals surface area contributed by atoms with Gasteiger partial charge in [-0.1, -0.05) is 24.3 Å². The number of piperidine rings is 1. The fourth-order valence-corrected chi connectivity index (χ4v) is 10.9. The first-order chi connectivity index (χ1) is 25.7. The van der Waals surface area contributed by atoms with Crippen LogP contribution in [0.5, 0.6) is 5.75 Å². The molecule has 3 fully saturated rings. The zero-order valence-corrected chi connectivity index (χ0v) is 30.0. The molecule has 6 atom stereocenters. The van der Waals surface area contributed by atoms with E-state index in [-0.39, 0.29) is 40.6 Å². The van der Waals surface area contributed by atoms with Crippen molar-refractivity contribution in [1.82, 2.24) is 19.8 Å². The van der Waals surface area contributed by atoms with Crippen molar-refractivity contribution in [1.29, 1.82) is 0 Å². The minimum Gasteiger partial charge on any atom is -0.506 e. The molecule has 10 nitrogen and oxygen atoms in total. The van der Waals surface area contributed by atoms with E-state index in [4.69, 9.17) is 4.98 Å². The minimum absolute atomic E-state index is 0.0285. The second-order valence-corrected chi connectivity index (χ2v) is 16.1. The van der Waals surface area contributed by atoms with Crippen molar-refractivity contribution >= 4 is 44.9 Å². The standard InChI is InChI=1S/C43H47N5O5/c49-36-15-14-31-25-42-27-46-21-6-4-2-1-3-5-19-43(51,41(42)47(31)23-17-29(36)24-28-10-12-30(13-11-28)48(52)53)26-34(35(42)18-22-46)39-40-33(16-20-44-39)32-8-7-9-37(50)38(32)45-40/h1,3,7-13,16,20,24,26,31,35,41,45,50-51H,2,4-6,14-15,17-19,21-23,25,27H2/b3-1-,29-24-/t31-,35-,41+,42-,43-/m0/s1. The number of nitro benzene ring substituents is 1. The van der Waals surface area contributed by atoms with Crippen LogP contribution in [0.25, 0.3) is 33.5 Å². The van der Waals surface area contributed by atoms with Crippen molar-refractivity contribution in [3.05, 3.63) is 99.9 Å². The quantitative estimate of drug-likeness (QED) is 0.0857. The summed E-state index contributed by atoms with van der Waals surface area (Å²) in [5.74, 6) is 0.496. The second-order valence-electron chi connectivity index (χ2n) is 16.1. The van der Waals surface area contributed by atoms with Gasteiger partial charge in [-0.2, -0.15) is 0 Å². The number of fused-ring (bicyclic) bond motifs is 5. The lowest BCUT2D eigenvalue weighted by Crippen LogP contribution is -2.65. The summed E-state index contributed by atoms with van der Waals surface area (Å²) in [5.41, 5.74) is 3.69. The van der Waals surface area contributed by atoms with Gasteiger partial charge in [-0.15, -0.1) is 0 Å². The van der Waals surface area contributed by atoms with E-state index in [9.17, 15) is 25.1 Å². The number of rotatable bonds is 3. The Hall–Kier alpha value is -4.64. The maximum Gasteiger partial charge on any atom is 0.269 e. The van der Waals surface area contributed by atoms with Gasteiger partial charge in [0.15, 0.2) is 5.78 Å². The largest absolute Gasteiger partial charge is 0.506 e. The van der Waals surface area contributed by atoms with Crippen molar-refractivity contribution in [3.63, 3.8) is 0 Å². The van der Waals surface area contributed by atoms with E-state index in [1.54, 1.807) is 18.2 Å². The highest BCUT2D eigenvalue weighted by atomic mass is 16.6. The molecule has 5 aliphatic rings. The lowest BCUT2D eigenvalue weighted by Gasteiger charge is -2.58. The fourth-order valence-electron chi connectivity index (χ4n) is 10.9. The van der Waals surface area contributed by atoms with Crippen LogP contribution in [-0.4, -0.2) is 84.6 Å². The number of phenols is 1. The monoisotopic (exact) mass is 713 g/mol. The van der Waals surface area contributed by atoms with E-state index in [0.29, 0.717) is 31.3 Å². The Morgan fingerprint density at radius 3 is 2.64 bits per heavy atom. The number of aromatic hydroxyl groups is 1. The van der Waals surface area contributed by atoms with Crippen molar-refractivity contribution in [2.75, 3.05) is 26.2 Å². The van der Waals surface area contributed by atoms with Gasteiger partial charge in [0.05, 0.1) is 27.3 Å². The third kappa shape index (κ3) is 5.82. The van der Waals surface area contributed by atoms with E-state index in [2.05, 4.69) is 33.0 Å². The number of benzene rings is 2. The molecule has 1 unspecified atom stereocenters. The molecule has 2 aromatic carbocycles. The summed E-state index contributed by atoms with van der Waals surface area (Å²) in [5, 5.41) is 37.4. The Bertz CT molecular complexity index is 2190. The summed E-state index contributed by atoms with van der Waals surface area (Å²) < 4.78 is 0. The molecule has 4 aliphatic heterocycles. The van der Waals surface area contributed by atoms with Gasteiger partial charge in [0.1, 0.15) is 5.75 Å². The Balaban J connectivity index is 1.17. The summed E-state index contributed by atoms with van der Waals surface area (Å²) in [6, 6.07) is 14.0. The van der Waals surface area contributed by atoms with Gasteiger partial charge in [-0.25, -0.2) is 0 Å². The number of carbonyl (C=O) groups is 1. The van der Waals surface area contributed by atoms with E-state index in [1.807, 2.05) is 30.5 Å². The van der Waals surface area contributed by atoms with Gasteiger partial charge >= 0.3 is 0 Å². The van der Waals surface area contributed by atoms with Gasteiger partial charge in [-0.3, -0.25) is 24.8 Å². The number of H-pyrrole nitrogens is 1. The van der Waals surface area contributed by atoms with Crippen molar-refractivity contribution in [3.8, 4) is 5.75 Å². The maximum absolute atomic E-state index is 13.7. The molecule has 53 heavy (non-hydrogen) atoms. The first kappa shape index (κ1) is 34.1. The van der Waals surface area contributed by atoms with Crippen LogP contribution in [0.15, 0.2) is 78.5 Å². The molecule has 10 heteroatoms. The normalized spacial score (nSPS) is 32.2. The summed E-state index contributed by atoms with van der Waals surface area (Å²) >= 11 is 0. The number of carbonyl (C=O) groups excluding carboxylic acids is 1. The van der Waals surface area contributed by atoms with E-state index in [0.717, 1.165) is 103 Å². The van der Waals surface area contributed by atoms with Crippen LogP contribution in [0.3, 0.4) is 0 Å². The van der Waals surface area contributed by atoms with Gasteiger partial charge in [0, 0.05) is 66.1 Å². The topological polar surface area (TPSA) is 136 Å². The number of pyridine rings is 1. The molecule has 274 valence electrons. The zero-order valence-electron chi connectivity index (χ0n) is 30.0. The van der Waals surface area contributed by atoms with Crippen LogP contribution in [0.4, 0.5) is 5.69 Å². The maximum atomic E-state index is 13.7. The highest BCUT2D eigenvalue weighted by Crippen LogP contribution is 2.62. The summed E-state index contributed by atoms with van der Waals surface area (Å²) in [6.45, 7) is 3.57. The first-order valence-electron chi connectivity index (χ1n) is 19.4. The molecule has 0 saturated carbocycles. The zero-order chi connectivity index (χ0) is 36.3. The summed E-state index contributed by atoms with van der Waals surface area (Å²) in [7, 11) is 0.